The van der Waals surface area contributed by atoms with Gasteiger partial charge in [-0.1, -0.05) is 82.1 Å². The van der Waals surface area contributed by atoms with Crippen LogP contribution in [-0.2, 0) is 117 Å². The Bertz CT molecular complexity index is 5230. The molecule has 3 aromatic carbocycles. The Morgan fingerprint density at radius 2 is 1.16 bits per heavy atom. The molecule has 44 nitrogen and oxygen atoms in total. The number of phenols is 1. The zero-order valence-electron chi connectivity index (χ0n) is 76.7. The van der Waals surface area contributed by atoms with E-state index in [2.05, 4.69) is 73.1 Å². The first kappa shape index (κ1) is 105. The van der Waals surface area contributed by atoms with E-state index in [9.17, 15) is 63.3 Å². The van der Waals surface area contributed by atoms with Crippen molar-refractivity contribution in [3.8, 4) is 5.75 Å². The van der Waals surface area contributed by atoms with Gasteiger partial charge >= 0.3 is 5.97 Å². The van der Waals surface area contributed by atoms with Gasteiger partial charge in [-0.3, -0.25) is 86.3 Å². The minimum absolute atomic E-state index is 0.000243. The van der Waals surface area contributed by atoms with E-state index in [1.165, 1.54) is 71.8 Å². The molecule has 0 radical (unpaired) electrons. The summed E-state index contributed by atoms with van der Waals surface area (Å²) in [4.78, 5) is 281. The first-order valence-corrected chi connectivity index (χ1v) is 46.0. The van der Waals surface area contributed by atoms with Crippen LogP contribution in [0.4, 0.5) is 0 Å². The molecular weight excluding hydrogens is 1770 g/mol. The quantitative estimate of drug-likeness (QED) is 0.0255. The van der Waals surface area contributed by atoms with Gasteiger partial charge in [-0.15, -0.1) is 11.8 Å². The lowest BCUT2D eigenvalue weighted by molar-refractivity contribution is -0.150. The number of phenolic OH excluding ortho intramolecular Hbond substituents is 1. The third-order valence-corrected chi connectivity index (χ3v) is 25.0. The zero-order chi connectivity index (χ0) is 98.6. The molecular formula is C90H124N22O22S. The SMILES string of the molecule is CCCC[C@H]1C(=O)N[C@@H](CC(C)C)C(=O)N[C@H](C(=O)NCC(N)=O)CSCC(=O)N[C@@H](Cc2ccc(O)cc2)C(=O)N(C)[C@@H](C)C(=O)N[C@@H](CC(N)=O)C(=O)N2CCC[C@H]2C(=O)N[C@@H](Cc2cnc[nH]2)C(=O)N[C@@H](CCC(=O)O)C(=O)N2C[C@H](O)C[C@H]2C(=O)N[C@@H](Cc2c[nH]c3ccccc23)C(=O)N[C@@H](CCN)C(=O)N[C@@H](Cc2c[nH]c3ccccc23)C(=O)N(CCOC)[C@@H](C)C(=O)N1C. The van der Waals surface area contributed by atoms with Crippen molar-refractivity contribution in [2.24, 2.45) is 23.1 Å². The number of methoxy groups -OCH3 is 1. The molecule has 0 unspecified atom stereocenters. The van der Waals surface area contributed by atoms with Crippen molar-refractivity contribution >= 4 is 140 Å². The first-order chi connectivity index (χ1) is 64.3. The fraction of sp³-hybridized carbons (Fsp3) is 0.522. The maximum atomic E-state index is 15.9. The van der Waals surface area contributed by atoms with Crippen LogP contribution in [0.1, 0.15) is 128 Å². The number of carboxylic acid groups (broad SMARTS) is 1. The Morgan fingerprint density at radius 1 is 0.593 bits per heavy atom. The van der Waals surface area contributed by atoms with Crippen molar-refractivity contribution in [2.75, 3.05) is 72.0 Å². The molecule has 6 heterocycles. The number of imidazole rings is 1. The van der Waals surface area contributed by atoms with Gasteiger partial charge in [0, 0.05) is 131 Å². The maximum absolute atomic E-state index is 15.9. The van der Waals surface area contributed by atoms with Crippen molar-refractivity contribution in [3.63, 3.8) is 0 Å². The van der Waals surface area contributed by atoms with E-state index in [1.54, 1.807) is 74.8 Å². The van der Waals surface area contributed by atoms with Gasteiger partial charge in [-0.05, 0) is 106 Å². The minimum atomic E-state index is -1.84. The number of aromatic nitrogens is 4. The summed E-state index contributed by atoms with van der Waals surface area (Å²) >= 11 is 0.779. The number of carbonyl (C=O) groups is 18. The number of nitrogens with one attached hydrogen (secondary N) is 13. The van der Waals surface area contributed by atoms with Crippen LogP contribution < -0.4 is 70.4 Å². The number of thioether (sulfide) groups is 1. The van der Waals surface area contributed by atoms with Gasteiger partial charge in [-0.25, -0.2) is 4.98 Å². The molecule has 15 atom stereocenters. The molecule has 3 aromatic heterocycles. The van der Waals surface area contributed by atoms with Crippen LogP contribution in [0.3, 0.4) is 0 Å². The Balaban J connectivity index is 1.11. The van der Waals surface area contributed by atoms with Gasteiger partial charge in [0.15, 0.2) is 0 Å². The summed E-state index contributed by atoms with van der Waals surface area (Å²) in [6.45, 7) is 5.79. The van der Waals surface area contributed by atoms with Gasteiger partial charge in [0.1, 0.15) is 90.3 Å². The third kappa shape index (κ3) is 29.2. The zero-order valence-corrected chi connectivity index (χ0v) is 77.5. The van der Waals surface area contributed by atoms with E-state index >= 15 is 38.4 Å². The summed E-state index contributed by atoms with van der Waals surface area (Å²) in [5.74, 6) is -19.3. The fourth-order valence-corrected chi connectivity index (χ4v) is 17.4. The van der Waals surface area contributed by atoms with Crippen LogP contribution in [-0.4, -0.2) is 329 Å². The number of aromatic amines is 3. The van der Waals surface area contributed by atoms with Crippen molar-refractivity contribution in [1.29, 1.82) is 0 Å². The molecule has 45 heteroatoms. The van der Waals surface area contributed by atoms with Crippen LogP contribution >= 0.6 is 11.8 Å². The largest absolute Gasteiger partial charge is 0.508 e. The van der Waals surface area contributed by atoms with E-state index in [1.807, 2.05) is 6.92 Å². The highest BCUT2D eigenvalue weighted by Gasteiger charge is 2.47. The van der Waals surface area contributed by atoms with Crippen molar-refractivity contribution < 1.29 is 106 Å². The predicted molar refractivity (Wildman–Crippen MR) is 491 cm³/mol. The molecule has 3 aliphatic heterocycles. The molecule has 3 aliphatic rings. The lowest BCUT2D eigenvalue weighted by atomic mass is 10.0. The summed E-state index contributed by atoms with van der Waals surface area (Å²) < 4.78 is 5.52. The number of amides is 17. The van der Waals surface area contributed by atoms with E-state index in [0.29, 0.717) is 51.3 Å². The number of H-pyrrole nitrogens is 3. The molecule has 0 bridgehead atoms. The number of primary amides is 2. The highest BCUT2D eigenvalue weighted by Crippen LogP contribution is 2.28. The molecule has 135 heavy (non-hydrogen) atoms. The van der Waals surface area contributed by atoms with Gasteiger partial charge in [0.2, 0.25) is 100 Å². The van der Waals surface area contributed by atoms with E-state index < -0.39 is 254 Å². The van der Waals surface area contributed by atoms with Gasteiger partial charge in [0.25, 0.3) is 0 Å². The number of likely N-dealkylation sites (N-methyl/N-ethyl adjacent to an activating group) is 2. The molecule has 3 saturated heterocycles. The van der Waals surface area contributed by atoms with Gasteiger partial charge in [-0.2, -0.15) is 0 Å². The van der Waals surface area contributed by atoms with Crippen LogP contribution in [0.25, 0.3) is 21.8 Å². The number of benzene rings is 3. The van der Waals surface area contributed by atoms with E-state index in [-0.39, 0.29) is 95.0 Å². The number of aliphatic hydroxyl groups is 1. The van der Waals surface area contributed by atoms with Crippen molar-refractivity contribution in [1.82, 2.24) is 97.6 Å². The number of aliphatic carboxylic acids is 1. The molecule has 17 amide bonds. The fourth-order valence-electron chi connectivity index (χ4n) is 16.6. The smallest absolute Gasteiger partial charge is 0.303 e. The average Bonchev–Trinajstić information content (AvgIpc) is 1.73. The van der Waals surface area contributed by atoms with E-state index in [0.717, 1.165) is 36.3 Å². The van der Waals surface area contributed by atoms with Crippen LogP contribution in [0.2, 0.25) is 0 Å². The second-order valence-electron chi connectivity index (χ2n) is 34.4. The number of hydrogen-bond donors (Lipinski definition) is 19. The molecule has 22 N–H and O–H groups in total. The van der Waals surface area contributed by atoms with Crippen molar-refractivity contribution in [3.05, 3.63) is 120 Å². The van der Waals surface area contributed by atoms with Crippen molar-refractivity contribution in [2.45, 2.75) is 222 Å². The first-order valence-electron chi connectivity index (χ1n) is 44.8. The van der Waals surface area contributed by atoms with Gasteiger partial charge in [0.05, 0.1) is 37.8 Å². The Labute approximate surface area is 782 Å². The topological polar surface area (TPSA) is 652 Å². The molecule has 0 spiro atoms. The number of fused-ring (bicyclic) bond motifs is 4. The molecule has 9 rings (SSSR count). The maximum Gasteiger partial charge on any atom is 0.303 e. The number of unbranched alkanes of at least 4 members (excludes halogenated alkanes) is 1. The number of ether oxygens (including phenoxy) is 1. The normalized spacial score (nSPS) is 24.8. The second kappa shape index (κ2) is 50.0. The summed E-state index contributed by atoms with van der Waals surface area (Å²) in [6, 6.07) is -2.65. The standard InChI is InChI=1S/C90H124N22O22S/c1-9-10-20-70-83(126)102-63(33-48(2)3)80(123)107-69(78(121)97-43-74(93)116)45-135-46-75(117)99-66(34-51-22-24-55(113)25-23-51)87(130)108(6)49(4)77(120)105-68(39-73(92)115)90(133)111-30-15-21-71(111)84(127)104-65(37-54-42-94-47-98-54)82(125)101-62(26-27-76(118)119)88(131)112-44-56(114)38-72(112)85(128)103-64(35-52-40-95-59-18-13-11-16-57(52)59)81(124)100-61(28-29-91)79(122)106-67(36-53-41-96-60-19-14-12-17-58(53)60)89(132)110(31-32-134-8)50(5)86(129)109(70)7/h11-14,16-19,22-25,40-42,47-50,56,61-72,95-96,113-114H,9-10,15,20-21,26-39,43-46,91H2,1-8H3,(H2,92,115)(H2,93,116)(H,94,98)(H,97,121)(H,99,117)(H,100,124)(H,101,125)(H,102,126)(H,103,128)(H,104,127)(H,105,120)(H,106,122)(H,107,123)(H,118,119)/t49-,50-,56+,61-,62-,63-,64-,65-,66-,67-,68-,69-,70-,71-,72-/m0/s1. The Morgan fingerprint density at radius 3 is 1.76 bits per heavy atom. The Kier molecular flexibility index (Phi) is 38.9. The Hall–Kier alpha value is -13.6. The predicted octanol–water partition coefficient (Wildman–Crippen LogP) is -3.12. The molecule has 3 fully saturated rings. The highest BCUT2D eigenvalue weighted by molar-refractivity contribution is 8.00. The lowest BCUT2D eigenvalue weighted by Gasteiger charge is -2.36. The minimum Gasteiger partial charge on any atom is -0.508 e. The average molecular weight is 1900 g/mol. The summed E-state index contributed by atoms with van der Waals surface area (Å²) in [7, 11) is 3.89. The number of hydrogen-bond acceptors (Lipinski definition) is 24. The summed E-state index contributed by atoms with van der Waals surface area (Å²) in [6.07, 6.45) is 0.835. The number of aliphatic hydroxyl groups excluding tert-OH is 1. The number of rotatable bonds is 26. The number of carbonyl (C=O) groups excluding carboxylic acids is 17. The highest BCUT2D eigenvalue weighted by atomic mass is 32.2. The summed E-state index contributed by atoms with van der Waals surface area (Å²) in [5.41, 5.74) is 20.2. The van der Waals surface area contributed by atoms with E-state index in [4.69, 9.17) is 21.9 Å². The number of nitrogens with two attached hydrogens (primary N) is 3. The van der Waals surface area contributed by atoms with Gasteiger partial charge < -0.3 is 130 Å². The molecule has 0 saturated carbocycles. The molecule has 0 aliphatic carbocycles. The number of nitrogens with zero attached hydrogens (tertiary/aromatic N) is 6. The van der Waals surface area contributed by atoms with Crippen LogP contribution in [0, 0.1) is 5.92 Å². The third-order valence-electron chi connectivity index (χ3n) is 24.0. The van der Waals surface area contributed by atoms with Crippen LogP contribution in [0.5, 0.6) is 5.75 Å². The molecule has 6 aromatic rings. The lowest BCUT2D eigenvalue weighted by Crippen LogP contribution is -2.62. The number of aromatic hydroxyl groups is 1. The number of carboxylic acids is 1. The molecule has 732 valence electrons. The monoisotopic (exact) mass is 1900 g/mol. The number of para-hydroxylation sites is 2. The van der Waals surface area contributed by atoms with Crippen LogP contribution in [0.15, 0.2) is 97.7 Å². The second-order valence-corrected chi connectivity index (χ2v) is 35.4. The summed E-state index contributed by atoms with van der Waals surface area (Å²) in [5, 5.41) is 59.4.